The molecule has 0 unspecified atom stereocenters. The number of carbonyl (C=O) groups excluding carboxylic acids is 1. The van der Waals surface area contributed by atoms with Crippen LogP contribution in [0.1, 0.15) is 24.2 Å². The van der Waals surface area contributed by atoms with Crippen molar-refractivity contribution in [3.05, 3.63) is 29.6 Å². The Labute approximate surface area is 113 Å². The van der Waals surface area contributed by atoms with E-state index in [9.17, 15) is 9.18 Å². The number of rotatable bonds is 6. The average molecular weight is 268 g/mol. The Bertz CT molecular complexity index is 435. The lowest BCUT2D eigenvalue weighted by molar-refractivity contribution is 0.0532. The summed E-state index contributed by atoms with van der Waals surface area (Å²) in [6.45, 7) is 4.81. The van der Waals surface area contributed by atoms with E-state index in [0.717, 1.165) is 0 Å². The molecule has 5 heteroatoms. The number of para-hydroxylation sites is 1. The van der Waals surface area contributed by atoms with Gasteiger partial charge < -0.3 is 15.0 Å². The van der Waals surface area contributed by atoms with E-state index in [1.807, 2.05) is 13.8 Å². The maximum Gasteiger partial charge on any atom is 0.255 e. The second-order valence-electron chi connectivity index (χ2n) is 4.56. The smallest absolute Gasteiger partial charge is 0.255 e. The van der Waals surface area contributed by atoms with Crippen molar-refractivity contribution in [2.75, 3.05) is 32.6 Å². The summed E-state index contributed by atoms with van der Waals surface area (Å²) >= 11 is 0. The van der Waals surface area contributed by atoms with Crippen molar-refractivity contribution in [3.8, 4) is 0 Å². The molecule has 0 aliphatic heterocycles. The molecule has 0 heterocycles. The van der Waals surface area contributed by atoms with Gasteiger partial charge in [0.15, 0.2) is 0 Å². The highest BCUT2D eigenvalue weighted by molar-refractivity contribution is 5.99. The van der Waals surface area contributed by atoms with Gasteiger partial charge in [-0.05, 0) is 26.0 Å². The van der Waals surface area contributed by atoms with Gasteiger partial charge in [-0.2, -0.15) is 0 Å². The molecule has 0 radical (unpaired) electrons. The predicted octanol–water partition coefficient (Wildman–Crippen LogP) is 2.36. The molecule has 0 saturated heterocycles. The van der Waals surface area contributed by atoms with Crippen LogP contribution in [-0.4, -0.2) is 44.2 Å². The maximum absolute atomic E-state index is 13.6. The Hall–Kier alpha value is -1.62. The summed E-state index contributed by atoms with van der Waals surface area (Å²) in [6, 6.07) is 4.46. The van der Waals surface area contributed by atoms with Gasteiger partial charge in [0.25, 0.3) is 5.91 Å². The number of nitrogens with one attached hydrogen (secondary N) is 1. The molecule has 4 nitrogen and oxygen atoms in total. The van der Waals surface area contributed by atoms with Gasteiger partial charge in [-0.1, -0.05) is 6.07 Å². The topological polar surface area (TPSA) is 41.6 Å². The number of benzene rings is 1. The first-order valence-corrected chi connectivity index (χ1v) is 6.30. The molecule has 19 heavy (non-hydrogen) atoms. The van der Waals surface area contributed by atoms with Crippen LogP contribution in [0.25, 0.3) is 0 Å². The molecular weight excluding hydrogens is 247 g/mol. The summed E-state index contributed by atoms with van der Waals surface area (Å²) in [5.41, 5.74) is 0.554. The number of nitrogens with zero attached hydrogens (tertiary/aromatic N) is 1. The molecule has 0 saturated carbocycles. The molecule has 0 aliphatic rings. The fourth-order valence-electron chi connectivity index (χ4n) is 1.69. The largest absolute Gasteiger partial charge is 0.385 e. The Kier molecular flexibility index (Phi) is 5.76. The number of halogens is 1. The number of anilines is 1. The molecular formula is C14H21FN2O2. The lowest BCUT2D eigenvalue weighted by atomic mass is 10.1. The van der Waals surface area contributed by atoms with E-state index in [4.69, 9.17) is 4.74 Å². The van der Waals surface area contributed by atoms with Gasteiger partial charge in [-0.3, -0.25) is 4.79 Å². The molecule has 0 atom stereocenters. The van der Waals surface area contributed by atoms with E-state index < -0.39 is 5.82 Å². The number of ether oxygens (including phenoxy) is 1. The van der Waals surface area contributed by atoms with E-state index in [0.29, 0.717) is 18.7 Å². The van der Waals surface area contributed by atoms with Crippen LogP contribution in [0.3, 0.4) is 0 Å². The molecule has 0 aromatic heterocycles. The average Bonchev–Trinajstić information content (AvgIpc) is 2.37. The summed E-state index contributed by atoms with van der Waals surface area (Å²) in [5.74, 6) is -0.656. The molecule has 1 N–H and O–H groups in total. The SMILES string of the molecule is CNc1c(F)cccc1C(=O)N(C)CCOC(C)C. The van der Waals surface area contributed by atoms with Crippen LogP contribution in [0.2, 0.25) is 0 Å². The Morgan fingerprint density at radius 1 is 1.47 bits per heavy atom. The standard InChI is InChI=1S/C14H21FN2O2/c1-10(2)19-9-8-17(4)14(18)11-6-5-7-12(15)13(11)16-3/h5-7,10,16H,8-9H2,1-4H3. The van der Waals surface area contributed by atoms with Crippen molar-refractivity contribution in [1.29, 1.82) is 0 Å². The molecule has 1 rings (SSSR count). The molecule has 1 aromatic rings. The van der Waals surface area contributed by atoms with Gasteiger partial charge in [-0.15, -0.1) is 0 Å². The number of hydrogen-bond acceptors (Lipinski definition) is 3. The quantitative estimate of drug-likeness (QED) is 0.861. The molecule has 1 amide bonds. The van der Waals surface area contributed by atoms with Crippen molar-refractivity contribution >= 4 is 11.6 Å². The summed E-state index contributed by atoms with van der Waals surface area (Å²) in [6.07, 6.45) is 0.130. The minimum absolute atomic E-state index is 0.130. The normalized spacial score (nSPS) is 10.6. The van der Waals surface area contributed by atoms with Gasteiger partial charge in [0.1, 0.15) is 5.82 Å². The summed E-state index contributed by atoms with van der Waals surface area (Å²) in [7, 11) is 3.27. The minimum atomic E-state index is -0.430. The highest BCUT2D eigenvalue weighted by atomic mass is 19.1. The molecule has 1 aromatic carbocycles. The minimum Gasteiger partial charge on any atom is -0.385 e. The molecule has 0 bridgehead atoms. The first-order valence-electron chi connectivity index (χ1n) is 6.30. The van der Waals surface area contributed by atoms with Crippen molar-refractivity contribution < 1.29 is 13.9 Å². The van der Waals surface area contributed by atoms with Crippen LogP contribution in [0.15, 0.2) is 18.2 Å². The summed E-state index contributed by atoms with van der Waals surface area (Å²) < 4.78 is 19.0. The van der Waals surface area contributed by atoms with Crippen LogP contribution >= 0.6 is 0 Å². The number of carbonyl (C=O) groups is 1. The van der Waals surface area contributed by atoms with E-state index in [2.05, 4.69) is 5.32 Å². The van der Waals surface area contributed by atoms with Gasteiger partial charge in [0.05, 0.1) is 24.0 Å². The second-order valence-corrected chi connectivity index (χ2v) is 4.56. The van der Waals surface area contributed by atoms with Crippen LogP contribution in [0, 0.1) is 5.82 Å². The Morgan fingerprint density at radius 3 is 2.74 bits per heavy atom. The van der Waals surface area contributed by atoms with Gasteiger partial charge in [0.2, 0.25) is 0 Å². The summed E-state index contributed by atoms with van der Waals surface area (Å²) in [5, 5.41) is 2.72. The van der Waals surface area contributed by atoms with Crippen LogP contribution < -0.4 is 5.32 Å². The molecule has 0 aliphatic carbocycles. The molecule has 0 fully saturated rings. The van der Waals surface area contributed by atoms with Crippen molar-refractivity contribution in [1.82, 2.24) is 4.90 Å². The van der Waals surface area contributed by atoms with E-state index in [1.54, 1.807) is 20.2 Å². The first-order chi connectivity index (χ1) is 8.97. The lowest BCUT2D eigenvalue weighted by Gasteiger charge is -2.19. The van der Waals surface area contributed by atoms with Crippen molar-refractivity contribution in [3.63, 3.8) is 0 Å². The number of amides is 1. The highest BCUT2D eigenvalue weighted by Gasteiger charge is 2.17. The zero-order valence-electron chi connectivity index (χ0n) is 11.9. The van der Waals surface area contributed by atoms with Gasteiger partial charge in [0, 0.05) is 20.6 Å². The second kappa shape index (κ2) is 7.09. The predicted molar refractivity (Wildman–Crippen MR) is 74.0 cm³/mol. The summed E-state index contributed by atoms with van der Waals surface area (Å²) in [4.78, 5) is 13.7. The zero-order chi connectivity index (χ0) is 14.4. The molecule has 106 valence electrons. The van der Waals surface area contributed by atoms with E-state index in [-0.39, 0.29) is 17.7 Å². The van der Waals surface area contributed by atoms with Crippen molar-refractivity contribution in [2.45, 2.75) is 20.0 Å². The monoisotopic (exact) mass is 268 g/mol. The third-order valence-electron chi connectivity index (χ3n) is 2.72. The lowest BCUT2D eigenvalue weighted by Crippen LogP contribution is -2.31. The van der Waals surface area contributed by atoms with Gasteiger partial charge in [-0.25, -0.2) is 4.39 Å². The zero-order valence-corrected chi connectivity index (χ0v) is 11.9. The fourth-order valence-corrected chi connectivity index (χ4v) is 1.69. The third kappa shape index (κ3) is 4.21. The maximum atomic E-state index is 13.6. The van der Waals surface area contributed by atoms with Crippen LogP contribution in [0.5, 0.6) is 0 Å². The Balaban J connectivity index is 2.74. The first kappa shape index (κ1) is 15.4. The third-order valence-corrected chi connectivity index (χ3v) is 2.72. The Morgan fingerprint density at radius 2 is 2.16 bits per heavy atom. The fraction of sp³-hybridized carbons (Fsp3) is 0.500. The number of likely N-dealkylation sites (N-methyl/N-ethyl adjacent to an activating group) is 1. The van der Waals surface area contributed by atoms with E-state index >= 15 is 0 Å². The number of hydrogen-bond donors (Lipinski definition) is 1. The van der Waals surface area contributed by atoms with Crippen molar-refractivity contribution in [2.24, 2.45) is 0 Å². The van der Waals surface area contributed by atoms with E-state index in [1.165, 1.54) is 17.0 Å². The van der Waals surface area contributed by atoms with Crippen LogP contribution in [-0.2, 0) is 4.74 Å². The van der Waals surface area contributed by atoms with Gasteiger partial charge >= 0.3 is 0 Å². The molecule has 0 spiro atoms. The highest BCUT2D eigenvalue weighted by Crippen LogP contribution is 2.20. The van der Waals surface area contributed by atoms with Crippen LogP contribution in [0.4, 0.5) is 10.1 Å².